The summed E-state index contributed by atoms with van der Waals surface area (Å²) in [7, 11) is 2.92. The number of rotatable bonds is 2. The van der Waals surface area contributed by atoms with Crippen LogP contribution in [0.25, 0.3) is 0 Å². The number of nitrogens with zero attached hydrogens (tertiary/aromatic N) is 4. The molecule has 8 heteroatoms. The van der Waals surface area contributed by atoms with Crippen molar-refractivity contribution in [3.05, 3.63) is 20.8 Å². The van der Waals surface area contributed by atoms with Gasteiger partial charge in [0.05, 0.1) is 25.4 Å². The Hall–Kier alpha value is -1.67. The fourth-order valence-corrected chi connectivity index (χ4v) is 2.08. The first-order valence-corrected chi connectivity index (χ1v) is 6.09. The van der Waals surface area contributed by atoms with Crippen LogP contribution in [0.5, 0.6) is 0 Å². The molecule has 0 saturated carbocycles. The first-order valence-electron chi connectivity index (χ1n) is 6.09. The molecule has 8 nitrogen and oxygen atoms in total. The van der Waals surface area contributed by atoms with Gasteiger partial charge in [0, 0.05) is 20.6 Å². The van der Waals surface area contributed by atoms with Gasteiger partial charge in [-0.2, -0.15) is 0 Å². The van der Waals surface area contributed by atoms with Crippen molar-refractivity contribution in [3.8, 4) is 0 Å². The summed E-state index contributed by atoms with van der Waals surface area (Å²) in [4.78, 5) is 25.5. The van der Waals surface area contributed by atoms with Gasteiger partial charge >= 0.3 is 5.69 Å². The van der Waals surface area contributed by atoms with Gasteiger partial charge < -0.3 is 14.7 Å². The van der Waals surface area contributed by atoms with E-state index >= 15 is 0 Å². The van der Waals surface area contributed by atoms with Crippen molar-refractivity contribution in [2.24, 2.45) is 14.1 Å². The van der Waals surface area contributed by atoms with Gasteiger partial charge in [-0.15, -0.1) is 5.10 Å². The molecule has 2 rings (SSSR count). The predicted octanol–water partition coefficient (Wildman–Crippen LogP) is -1.93. The molecular formula is C11H18N4O4. The summed E-state index contributed by atoms with van der Waals surface area (Å²) in [6.45, 7) is 2.56. The average Bonchev–Trinajstić information content (AvgIpc) is 2.41. The zero-order valence-electron chi connectivity index (χ0n) is 11.2. The standard InChI is InChI=1S/C11H18N4O4/c1-7-6-19-8(5-16)4-15(7)9-10(17)13(2)11(18)14(3)12-9/h7-8,16H,4-6H2,1-3H3. The Labute approximate surface area is 109 Å². The Morgan fingerprint density at radius 2 is 2.11 bits per heavy atom. The molecule has 1 aliphatic rings. The highest BCUT2D eigenvalue weighted by Gasteiger charge is 2.29. The molecule has 19 heavy (non-hydrogen) atoms. The smallest absolute Gasteiger partial charge is 0.346 e. The molecule has 0 spiro atoms. The lowest BCUT2D eigenvalue weighted by Gasteiger charge is -2.37. The summed E-state index contributed by atoms with van der Waals surface area (Å²) in [5.74, 6) is 0.207. The fourth-order valence-electron chi connectivity index (χ4n) is 2.08. The molecule has 0 radical (unpaired) electrons. The van der Waals surface area contributed by atoms with Crippen LogP contribution >= 0.6 is 0 Å². The number of aliphatic hydroxyl groups excluding tert-OH is 1. The van der Waals surface area contributed by atoms with Crippen LogP contribution in [-0.4, -0.2) is 51.4 Å². The van der Waals surface area contributed by atoms with Gasteiger partial charge in [0.2, 0.25) is 5.82 Å². The highest BCUT2D eigenvalue weighted by Crippen LogP contribution is 2.15. The number of morpholine rings is 1. The zero-order valence-corrected chi connectivity index (χ0v) is 11.2. The predicted molar refractivity (Wildman–Crippen MR) is 68.4 cm³/mol. The lowest BCUT2D eigenvalue weighted by atomic mass is 10.2. The molecule has 2 atom stereocenters. The normalized spacial score (nSPS) is 23.7. The molecule has 1 aromatic rings. The minimum Gasteiger partial charge on any atom is -0.394 e. The van der Waals surface area contributed by atoms with Crippen LogP contribution in [0, 0.1) is 0 Å². The minimum absolute atomic E-state index is 0.0412. The Morgan fingerprint density at radius 1 is 1.42 bits per heavy atom. The molecule has 1 aliphatic heterocycles. The molecule has 0 amide bonds. The Kier molecular flexibility index (Phi) is 3.72. The highest BCUT2D eigenvalue weighted by molar-refractivity contribution is 5.37. The van der Waals surface area contributed by atoms with E-state index in [-0.39, 0.29) is 24.6 Å². The molecular weight excluding hydrogens is 252 g/mol. The quantitative estimate of drug-likeness (QED) is 0.673. The third-order valence-corrected chi connectivity index (χ3v) is 3.29. The van der Waals surface area contributed by atoms with E-state index in [4.69, 9.17) is 9.84 Å². The summed E-state index contributed by atoms with van der Waals surface area (Å²) in [6, 6.07) is -0.0412. The molecule has 2 heterocycles. The molecule has 0 bridgehead atoms. The first kappa shape index (κ1) is 13.8. The maximum Gasteiger partial charge on any atom is 0.346 e. The maximum absolute atomic E-state index is 12.1. The van der Waals surface area contributed by atoms with Crippen LogP contribution in [0.1, 0.15) is 6.92 Å². The van der Waals surface area contributed by atoms with Crippen molar-refractivity contribution < 1.29 is 9.84 Å². The van der Waals surface area contributed by atoms with Gasteiger partial charge in [0.15, 0.2) is 0 Å². The number of aliphatic hydroxyl groups is 1. The van der Waals surface area contributed by atoms with Crippen molar-refractivity contribution >= 4 is 5.82 Å². The van der Waals surface area contributed by atoms with E-state index in [2.05, 4.69) is 5.10 Å². The number of aryl methyl sites for hydroxylation is 1. The third kappa shape index (κ3) is 2.41. The van der Waals surface area contributed by atoms with Gasteiger partial charge in [-0.25, -0.2) is 9.48 Å². The van der Waals surface area contributed by atoms with Crippen LogP contribution in [-0.2, 0) is 18.8 Å². The molecule has 1 aromatic heterocycles. The summed E-state index contributed by atoms with van der Waals surface area (Å²) in [5, 5.41) is 13.2. The summed E-state index contributed by atoms with van der Waals surface area (Å²) < 4.78 is 7.58. The third-order valence-electron chi connectivity index (χ3n) is 3.29. The number of hydrogen-bond donors (Lipinski definition) is 1. The highest BCUT2D eigenvalue weighted by atomic mass is 16.5. The topological polar surface area (TPSA) is 89.6 Å². The SMILES string of the molecule is CC1COC(CO)CN1c1nn(C)c(=O)n(C)c1=O. The van der Waals surface area contributed by atoms with Crippen LogP contribution in [0.15, 0.2) is 9.59 Å². The van der Waals surface area contributed by atoms with E-state index in [1.165, 1.54) is 14.1 Å². The lowest BCUT2D eigenvalue weighted by molar-refractivity contribution is -0.0108. The van der Waals surface area contributed by atoms with Crippen LogP contribution in [0.4, 0.5) is 5.82 Å². The Bertz CT molecular complexity index is 579. The van der Waals surface area contributed by atoms with Gasteiger partial charge in [-0.3, -0.25) is 9.36 Å². The second-order valence-corrected chi connectivity index (χ2v) is 4.73. The molecule has 0 aromatic carbocycles. The van der Waals surface area contributed by atoms with Crippen molar-refractivity contribution in [1.82, 2.24) is 14.3 Å². The lowest BCUT2D eigenvalue weighted by Crippen LogP contribution is -2.53. The fraction of sp³-hybridized carbons (Fsp3) is 0.727. The van der Waals surface area contributed by atoms with Gasteiger partial charge in [0.1, 0.15) is 0 Å². The van der Waals surface area contributed by atoms with Gasteiger partial charge in [0.25, 0.3) is 5.56 Å². The van der Waals surface area contributed by atoms with E-state index in [0.717, 1.165) is 9.25 Å². The van der Waals surface area contributed by atoms with Crippen molar-refractivity contribution in [2.75, 3.05) is 24.7 Å². The van der Waals surface area contributed by atoms with Crippen molar-refractivity contribution in [3.63, 3.8) is 0 Å². The number of ether oxygens (including phenoxy) is 1. The van der Waals surface area contributed by atoms with Gasteiger partial charge in [-0.1, -0.05) is 0 Å². The van der Waals surface area contributed by atoms with E-state index < -0.39 is 11.2 Å². The molecule has 2 unspecified atom stereocenters. The Balaban J connectivity index is 2.46. The van der Waals surface area contributed by atoms with E-state index in [1.54, 1.807) is 4.90 Å². The minimum atomic E-state index is -0.464. The summed E-state index contributed by atoms with van der Waals surface area (Å²) in [5.41, 5.74) is -0.901. The second-order valence-electron chi connectivity index (χ2n) is 4.73. The molecule has 0 aliphatic carbocycles. The maximum atomic E-state index is 12.1. The molecule has 1 N–H and O–H groups in total. The molecule has 106 valence electrons. The molecule has 1 saturated heterocycles. The second kappa shape index (κ2) is 5.14. The van der Waals surface area contributed by atoms with Crippen LogP contribution < -0.4 is 16.1 Å². The monoisotopic (exact) mass is 270 g/mol. The van der Waals surface area contributed by atoms with Crippen LogP contribution in [0.3, 0.4) is 0 Å². The first-order chi connectivity index (χ1) is 8.95. The summed E-state index contributed by atoms with van der Waals surface area (Å²) in [6.07, 6.45) is -0.347. The van der Waals surface area contributed by atoms with Crippen LogP contribution in [0.2, 0.25) is 0 Å². The van der Waals surface area contributed by atoms with Crippen molar-refractivity contribution in [1.29, 1.82) is 0 Å². The van der Waals surface area contributed by atoms with E-state index in [9.17, 15) is 9.59 Å². The molecule has 1 fully saturated rings. The van der Waals surface area contributed by atoms with E-state index in [1.807, 2.05) is 6.92 Å². The number of aromatic nitrogens is 3. The van der Waals surface area contributed by atoms with E-state index in [0.29, 0.717) is 13.2 Å². The van der Waals surface area contributed by atoms with Gasteiger partial charge in [-0.05, 0) is 6.92 Å². The summed E-state index contributed by atoms with van der Waals surface area (Å²) >= 11 is 0. The Morgan fingerprint density at radius 3 is 2.74 bits per heavy atom. The largest absolute Gasteiger partial charge is 0.394 e. The number of anilines is 1. The van der Waals surface area contributed by atoms with Crippen molar-refractivity contribution in [2.45, 2.75) is 19.1 Å². The zero-order chi connectivity index (χ0) is 14.2. The number of hydrogen-bond acceptors (Lipinski definition) is 6. The average molecular weight is 270 g/mol.